The minimum Gasteiger partial charge on any atom is -0.466 e. The van der Waals surface area contributed by atoms with Crippen LogP contribution in [0.4, 0.5) is 11.4 Å². The van der Waals surface area contributed by atoms with Crippen LogP contribution in [0.15, 0.2) is 39.7 Å². The molecular formula is C22H26N4O5. The molecule has 164 valence electrons. The summed E-state index contributed by atoms with van der Waals surface area (Å²) in [4.78, 5) is 39.3. The Balaban J connectivity index is 1.69. The Kier molecular flexibility index (Phi) is 5.58. The van der Waals surface area contributed by atoms with Crippen molar-refractivity contribution >= 4 is 34.3 Å². The molecule has 2 aromatic heterocycles. The zero-order valence-corrected chi connectivity index (χ0v) is 17.9. The van der Waals surface area contributed by atoms with Crippen LogP contribution in [0, 0.1) is 5.92 Å². The number of amides is 1. The maximum Gasteiger partial charge on any atom is 0.328 e. The van der Waals surface area contributed by atoms with Crippen LogP contribution in [0.5, 0.6) is 0 Å². The van der Waals surface area contributed by atoms with Crippen LogP contribution < -0.4 is 15.9 Å². The molecular weight excluding hydrogens is 400 g/mol. The molecule has 31 heavy (non-hydrogen) atoms. The Morgan fingerprint density at radius 2 is 1.84 bits per heavy atom. The molecule has 3 heterocycles. The fraction of sp³-hybridized carbons (Fsp3) is 0.409. The molecule has 1 aromatic carbocycles. The Morgan fingerprint density at radius 1 is 1.16 bits per heavy atom. The molecule has 1 amide bonds. The highest BCUT2D eigenvalue weighted by Crippen LogP contribution is 2.34. The summed E-state index contributed by atoms with van der Waals surface area (Å²) >= 11 is 0. The number of piperidine rings is 1. The first-order chi connectivity index (χ1) is 14.9. The van der Waals surface area contributed by atoms with Gasteiger partial charge in [0.25, 0.3) is 5.91 Å². The lowest BCUT2D eigenvalue weighted by atomic mass is 9.96. The number of rotatable bonds is 5. The fourth-order valence-corrected chi connectivity index (χ4v) is 4.10. The van der Waals surface area contributed by atoms with E-state index in [4.69, 9.17) is 9.15 Å². The van der Waals surface area contributed by atoms with Crippen molar-refractivity contribution in [2.75, 3.05) is 29.9 Å². The smallest absolute Gasteiger partial charge is 0.328 e. The first kappa shape index (κ1) is 20.8. The molecule has 1 aliphatic heterocycles. The van der Waals surface area contributed by atoms with Crippen molar-refractivity contribution in [2.24, 2.45) is 20.0 Å². The van der Waals surface area contributed by atoms with Gasteiger partial charge >= 0.3 is 11.7 Å². The van der Waals surface area contributed by atoms with Crippen molar-refractivity contribution in [3.05, 3.63) is 46.8 Å². The molecule has 9 heteroatoms. The highest BCUT2D eigenvalue weighted by atomic mass is 16.5. The van der Waals surface area contributed by atoms with Gasteiger partial charge in [-0.05, 0) is 44.0 Å². The summed E-state index contributed by atoms with van der Waals surface area (Å²) < 4.78 is 13.5. The molecule has 0 aliphatic carbocycles. The Morgan fingerprint density at radius 3 is 2.45 bits per heavy atom. The molecule has 4 rings (SSSR count). The van der Waals surface area contributed by atoms with E-state index >= 15 is 0 Å². The van der Waals surface area contributed by atoms with Crippen LogP contribution in [0.1, 0.15) is 30.3 Å². The summed E-state index contributed by atoms with van der Waals surface area (Å²) in [7, 11) is 3.43. The number of fused-ring (bicyclic) bond motifs is 1. The highest BCUT2D eigenvalue weighted by Gasteiger charge is 2.28. The number of aryl methyl sites for hydroxylation is 2. The van der Waals surface area contributed by atoms with E-state index in [-0.39, 0.29) is 29.2 Å². The summed E-state index contributed by atoms with van der Waals surface area (Å²) in [6, 6.07) is 6.97. The van der Waals surface area contributed by atoms with Crippen molar-refractivity contribution in [3.63, 3.8) is 0 Å². The molecule has 1 fully saturated rings. The van der Waals surface area contributed by atoms with Gasteiger partial charge in [-0.2, -0.15) is 0 Å². The van der Waals surface area contributed by atoms with Crippen LogP contribution in [-0.4, -0.2) is 40.7 Å². The third-order valence-corrected chi connectivity index (χ3v) is 5.84. The van der Waals surface area contributed by atoms with E-state index in [0.29, 0.717) is 43.7 Å². The van der Waals surface area contributed by atoms with Crippen molar-refractivity contribution in [1.82, 2.24) is 9.13 Å². The van der Waals surface area contributed by atoms with Gasteiger partial charge in [-0.3, -0.25) is 18.7 Å². The lowest BCUT2D eigenvalue weighted by Crippen LogP contribution is -2.37. The minimum atomic E-state index is -0.368. The fourth-order valence-electron chi connectivity index (χ4n) is 4.10. The number of esters is 1. The Hall–Kier alpha value is -3.49. The van der Waals surface area contributed by atoms with Gasteiger partial charge in [0.2, 0.25) is 0 Å². The first-order valence-corrected chi connectivity index (χ1v) is 10.4. The molecule has 0 bridgehead atoms. The second kappa shape index (κ2) is 8.33. The van der Waals surface area contributed by atoms with Gasteiger partial charge < -0.3 is 19.4 Å². The number of hydrogen-bond donors (Lipinski definition) is 1. The van der Waals surface area contributed by atoms with Gasteiger partial charge in [-0.15, -0.1) is 0 Å². The molecule has 1 aliphatic rings. The number of furan rings is 1. The standard InChI is InChI=1S/C22H26N4O5/c1-4-30-21(28)14-7-9-26(10-8-14)16-13-18-17(24(2)22(29)25(18)3)12-15(16)23-20(27)19-6-5-11-31-19/h5-6,11-14H,4,7-10H2,1-3H3,(H,23,27). The number of aromatic nitrogens is 2. The van der Waals surface area contributed by atoms with Gasteiger partial charge in [0.1, 0.15) is 0 Å². The Labute approximate surface area is 179 Å². The van der Waals surface area contributed by atoms with Gasteiger partial charge in [0.05, 0.1) is 41.2 Å². The third-order valence-electron chi connectivity index (χ3n) is 5.84. The van der Waals surface area contributed by atoms with Gasteiger partial charge in [-0.25, -0.2) is 4.79 Å². The van der Waals surface area contributed by atoms with Crippen LogP contribution in [-0.2, 0) is 23.6 Å². The number of carbonyl (C=O) groups excluding carboxylic acids is 2. The average Bonchev–Trinajstić information content (AvgIpc) is 3.38. The maximum absolute atomic E-state index is 12.7. The molecule has 1 saturated heterocycles. The summed E-state index contributed by atoms with van der Waals surface area (Å²) in [5.74, 6) is -0.446. The number of benzene rings is 1. The summed E-state index contributed by atoms with van der Waals surface area (Å²) in [5.41, 5.74) is 2.73. The molecule has 0 spiro atoms. The largest absolute Gasteiger partial charge is 0.466 e. The first-order valence-electron chi connectivity index (χ1n) is 10.4. The van der Waals surface area contributed by atoms with E-state index in [1.807, 2.05) is 12.1 Å². The van der Waals surface area contributed by atoms with E-state index in [9.17, 15) is 14.4 Å². The molecule has 0 atom stereocenters. The van der Waals surface area contributed by atoms with E-state index in [1.165, 1.54) is 6.26 Å². The van der Waals surface area contributed by atoms with E-state index in [0.717, 1.165) is 11.2 Å². The van der Waals surface area contributed by atoms with Crippen molar-refractivity contribution in [1.29, 1.82) is 0 Å². The second-order valence-corrected chi connectivity index (χ2v) is 7.70. The van der Waals surface area contributed by atoms with Gasteiger partial charge in [0, 0.05) is 27.2 Å². The number of ether oxygens (including phenoxy) is 1. The zero-order valence-electron chi connectivity index (χ0n) is 17.9. The molecule has 1 N–H and O–H groups in total. The zero-order chi connectivity index (χ0) is 22.1. The van der Waals surface area contributed by atoms with Gasteiger partial charge in [0.15, 0.2) is 5.76 Å². The van der Waals surface area contributed by atoms with Crippen LogP contribution >= 0.6 is 0 Å². The van der Waals surface area contributed by atoms with Gasteiger partial charge in [-0.1, -0.05) is 0 Å². The molecule has 9 nitrogen and oxygen atoms in total. The average molecular weight is 426 g/mol. The lowest BCUT2D eigenvalue weighted by Gasteiger charge is -2.34. The number of nitrogens with zero attached hydrogens (tertiary/aromatic N) is 3. The molecule has 0 radical (unpaired) electrons. The predicted molar refractivity (Wildman–Crippen MR) is 116 cm³/mol. The molecule has 0 unspecified atom stereocenters. The van der Waals surface area contributed by atoms with Crippen molar-refractivity contribution in [3.8, 4) is 0 Å². The number of imidazole rings is 1. The molecule has 3 aromatic rings. The predicted octanol–water partition coefficient (Wildman–Crippen LogP) is 2.50. The van der Waals surface area contributed by atoms with E-state index < -0.39 is 0 Å². The van der Waals surface area contributed by atoms with E-state index in [1.54, 1.807) is 42.3 Å². The summed E-state index contributed by atoms with van der Waals surface area (Å²) in [6.45, 7) is 3.46. The van der Waals surface area contributed by atoms with Crippen molar-refractivity contribution < 1.29 is 18.7 Å². The highest BCUT2D eigenvalue weighted by molar-refractivity contribution is 6.05. The number of nitrogens with one attached hydrogen (secondary N) is 1. The van der Waals surface area contributed by atoms with Crippen LogP contribution in [0.2, 0.25) is 0 Å². The second-order valence-electron chi connectivity index (χ2n) is 7.70. The summed E-state index contributed by atoms with van der Waals surface area (Å²) in [6.07, 6.45) is 2.77. The quantitative estimate of drug-likeness (QED) is 0.630. The van der Waals surface area contributed by atoms with Crippen LogP contribution in [0.25, 0.3) is 11.0 Å². The third kappa shape index (κ3) is 3.83. The number of anilines is 2. The SMILES string of the molecule is CCOC(=O)C1CCN(c2cc3c(cc2NC(=O)c2ccco2)n(C)c(=O)n3C)CC1. The normalized spacial score (nSPS) is 14.7. The molecule has 0 saturated carbocycles. The number of carbonyl (C=O) groups is 2. The Bertz CT molecular complexity index is 1170. The maximum atomic E-state index is 12.7. The lowest BCUT2D eigenvalue weighted by molar-refractivity contribution is -0.148. The van der Waals surface area contributed by atoms with Crippen molar-refractivity contribution in [2.45, 2.75) is 19.8 Å². The summed E-state index contributed by atoms with van der Waals surface area (Å²) in [5, 5.41) is 2.92. The van der Waals surface area contributed by atoms with E-state index in [2.05, 4.69) is 10.2 Å². The topological polar surface area (TPSA) is 98.7 Å². The minimum absolute atomic E-state index is 0.123. The van der Waals surface area contributed by atoms with Crippen LogP contribution in [0.3, 0.4) is 0 Å². The number of hydrogen-bond acceptors (Lipinski definition) is 6. The monoisotopic (exact) mass is 426 g/mol.